The lowest BCUT2D eigenvalue weighted by atomic mass is 10.2. The molecule has 1 rings (SSSR count). The Balaban J connectivity index is 2.69. The molecule has 66 valence electrons. The predicted octanol–water partition coefficient (Wildman–Crippen LogP) is 2.13. The van der Waals surface area contributed by atoms with Gasteiger partial charge in [-0.1, -0.05) is 17.7 Å². The van der Waals surface area contributed by atoms with Gasteiger partial charge in [0.2, 0.25) is 0 Å². The highest BCUT2D eigenvalue weighted by molar-refractivity contribution is 6.30. The lowest BCUT2D eigenvalue weighted by Gasteiger charge is -2.02. The van der Waals surface area contributed by atoms with Gasteiger partial charge in [-0.05, 0) is 17.7 Å². The summed E-state index contributed by atoms with van der Waals surface area (Å²) in [5, 5.41) is 0.135. The van der Waals surface area contributed by atoms with E-state index in [-0.39, 0.29) is 5.02 Å². The van der Waals surface area contributed by atoms with E-state index >= 15 is 0 Å². The van der Waals surface area contributed by atoms with Gasteiger partial charge in [0, 0.05) is 6.54 Å². The number of hydrogen-bond donors (Lipinski definition) is 1. The minimum Gasteiger partial charge on any atom is -0.305 e. The van der Waals surface area contributed by atoms with Crippen molar-refractivity contribution in [2.24, 2.45) is 0 Å². The van der Waals surface area contributed by atoms with E-state index in [1.807, 2.05) is 0 Å². The summed E-state index contributed by atoms with van der Waals surface area (Å²) in [6.45, 7) is 0.463. The second-order valence-electron chi connectivity index (χ2n) is 2.27. The molecule has 0 saturated carbocycles. The molecule has 1 aromatic carbocycles. The Labute approximate surface area is 75.2 Å². The summed E-state index contributed by atoms with van der Waals surface area (Å²) < 4.78 is 12.8. The molecule has 0 spiro atoms. The van der Waals surface area contributed by atoms with Crippen molar-refractivity contribution >= 4 is 11.6 Å². The molecular weight excluding hydrogens is 181 g/mol. The van der Waals surface area contributed by atoms with Crippen molar-refractivity contribution in [1.82, 2.24) is 5.48 Å². The molecule has 2 nitrogen and oxygen atoms in total. The van der Waals surface area contributed by atoms with Crippen molar-refractivity contribution in [1.29, 1.82) is 0 Å². The largest absolute Gasteiger partial charge is 0.305 e. The van der Waals surface area contributed by atoms with Gasteiger partial charge in [0.1, 0.15) is 5.82 Å². The molecule has 0 aromatic heterocycles. The molecule has 0 unspecified atom stereocenters. The summed E-state index contributed by atoms with van der Waals surface area (Å²) in [4.78, 5) is 4.61. The highest BCUT2D eigenvalue weighted by Crippen LogP contribution is 2.15. The molecule has 0 aliphatic heterocycles. The van der Waals surface area contributed by atoms with Gasteiger partial charge in [0.05, 0.1) is 12.1 Å². The minimum absolute atomic E-state index is 0.135. The van der Waals surface area contributed by atoms with Gasteiger partial charge < -0.3 is 4.84 Å². The summed E-state index contributed by atoms with van der Waals surface area (Å²) in [5.74, 6) is -0.410. The van der Waals surface area contributed by atoms with Gasteiger partial charge in [0.25, 0.3) is 0 Å². The zero-order chi connectivity index (χ0) is 8.97. The van der Waals surface area contributed by atoms with Crippen molar-refractivity contribution in [3.8, 4) is 0 Å². The van der Waals surface area contributed by atoms with Crippen LogP contribution < -0.4 is 5.48 Å². The molecule has 0 aliphatic carbocycles. The first kappa shape index (κ1) is 9.45. The van der Waals surface area contributed by atoms with Crippen molar-refractivity contribution in [2.45, 2.75) is 6.54 Å². The molecule has 0 amide bonds. The van der Waals surface area contributed by atoms with E-state index in [9.17, 15) is 4.39 Å². The van der Waals surface area contributed by atoms with Crippen molar-refractivity contribution < 1.29 is 9.23 Å². The summed E-state index contributed by atoms with van der Waals surface area (Å²) in [6.07, 6.45) is 0. The van der Waals surface area contributed by atoms with Crippen LogP contribution in [0, 0.1) is 5.82 Å². The van der Waals surface area contributed by atoms with Crippen molar-refractivity contribution in [3.05, 3.63) is 34.6 Å². The van der Waals surface area contributed by atoms with Crippen LogP contribution in [0.2, 0.25) is 5.02 Å². The molecule has 0 atom stereocenters. The van der Waals surface area contributed by atoms with Crippen LogP contribution in [0.1, 0.15) is 5.56 Å². The van der Waals surface area contributed by atoms with E-state index in [4.69, 9.17) is 11.6 Å². The number of rotatable bonds is 3. The van der Waals surface area contributed by atoms with Gasteiger partial charge in [0.15, 0.2) is 0 Å². The highest BCUT2D eigenvalue weighted by Gasteiger charge is 1.99. The molecule has 0 fully saturated rings. The second-order valence-corrected chi connectivity index (χ2v) is 2.68. The molecule has 0 saturated heterocycles. The zero-order valence-electron chi connectivity index (χ0n) is 6.60. The SMILES string of the molecule is CONCc1ccc(Cl)c(F)c1. The van der Waals surface area contributed by atoms with Crippen LogP contribution in [0.4, 0.5) is 4.39 Å². The fourth-order valence-electron chi connectivity index (χ4n) is 0.805. The molecule has 0 bridgehead atoms. The summed E-state index contributed by atoms with van der Waals surface area (Å²) in [6, 6.07) is 4.62. The Morgan fingerprint density at radius 1 is 1.58 bits per heavy atom. The Bertz CT molecular complexity index is 267. The second kappa shape index (κ2) is 4.40. The quantitative estimate of drug-likeness (QED) is 0.736. The van der Waals surface area contributed by atoms with E-state index in [0.29, 0.717) is 6.54 Å². The van der Waals surface area contributed by atoms with E-state index in [1.54, 1.807) is 6.07 Å². The third kappa shape index (κ3) is 2.44. The molecular formula is C8H9ClFNO. The lowest BCUT2D eigenvalue weighted by molar-refractivity contribution is 0.0866. The summed E-state index contributed by atoms with van der Waals surface area (Å²) in [5.41, 5.74) is 3.39. The van der Waals surface area contributed by atoms with E-state index in [0.717, 1.165) is 5.56 Å². The third-order valence-corrected chi connectivity index (χ3v) is 1.71. The molecule has 0 radical (unpaired) electrons. The normalized spacial score (nSPS) is 10.2. The number of hydroxylamine groups is 1. The highest BCUT2D eigenvalue weighted by atomic mass is 35.5. The number of nitrogens with one attached hydrogen (secondary N) is 1. The van der Waals surface area contributed by atoms with E-state index in [2.05, 4.69) is 10.3 Å². The maximum absolute atomic E-state index is 12.8. The molecule has 4 heteroatoms. The average molecular weight is 190 g/mol. The molecule has 1 N–H and O–H groups in total. The average Bonchev–Trinajstić information content (AvgIpc) is 2.07. The van der Waals surface area contributed by atoms with Crippen molar-refractivity contribution in [2.75, 3.05) is 7.11 Å². The van der Waals surface area contributed by atoms with E-state index < -0.39 is 5.82 Å². The first-order valence-electron chi connectivity index (χ1n) is 3.44. The van der Waals surface area contributed by atoms with Gasteiger partial charge in [-0.2, -0.15) is 5.48 Å². The minimum atomic E-state index is -0.410. The third-order valence-electron chi connectivity index (χ3n) is 1.40. The van der Waals surface area contributed by atoms with E-state index in [1.165, 1.54) is 19.2 Å². The maximum Gasteiger partial charge on any atom is 0.142 e. The number of halogens is 2. The van der Waals surface area contributed by atoms with Gasteiger partial charge >= 0.3 is 0 Å². The van der Waals surface area contributed by atoms with Crippen LogP contribution in [0.5, 0.6) is 0 Å². The molecule has 12 heavy (non-hydrogen) atoms. The van der Waals surface area contributed by atoms with Crippen LogP contribution in [0.3, 0.4) is 0 Å². The van der Waals surface area contributed by atoms with Crippen molar-refractivity contribution in [3.63, 3.8) is 0 Å². The van der Waals surface area contributed by atoms with Crippen LogP contribution in [-0.4, -0.2) is 7.11 Å². The lowest BCUT2D eigenvalue weighted by Crippen LogP contribution is -2.10. The summed E-state index contributed by atoms with van der Waals surface area (Å²) >= 11 is 5.49. The zero-order valence-corrected chi connectivity index (χ0v) is 7.36. The van der Waals surface area contributed by atoms with Crippen LogP contribution in [-0.2, 0) is 11.4 Å². The fourth-order valence-corrected chi connectivity index (χ4v) is 0.923. The van der Waals surface area contributed by atoms with Crippen LogP contribution in [0.15, 0.2) is 18.2 Å². The Morgan fingerprint density at radius 3 is 2.92 bits per heavy atom. The smallest absolute Gasteiger partial charge is 0.142 e. The first-order chi connectivity index (χ1) is 5.74. The monoisotopic (exact) mass is 189 g/mol. The Kier molecular flexibility index (Phi) is 3.47. The molecule has 0 aliphatic rings. The summed E-state index contributed by atoms with van der Waals surface area (Å²) in [7, 11) is 1.51. The predicted molar refractivity (Wildman–Crippen MR) is 45.3 cm³/mol. The standard InChI is InChI=1S/C8H9ClFNO/c1-12-11-5-6-2-3-7(9)8(10)4-6/h2-4,11H,5H2,1H3. The van der Waals surface area contributed by atoms with Crippen LogP contribution in [0.25, 0.3) is 0 Å². The topological polar surface area (TPSA) is 21.3 Å². The fraction of sp³-hybridized carbons (Fsp3) is 0.250. The Hall–Kier alpha value is -0.640. The first-order valence-corrected chi connectivity index (χ1v) is 3.81. The van der Waals surface area contributed by atoms with Gasteiger partial charge in [-0.15, -0.1) is 0 Å². The van der Waals surface area contributed by atoms with Gasteiger partial charge in [-0.3, -0.25) is 0 Å². The van der Waals surface area contributed by atoms with Crippen LogP contribution >= 0.6 is 11.6 Å². The molecule has 1 aromatic rings. The number of hydrogen-bond acceptors (Lipinski definition) is 2. The molecule has 0 heterocycles. The number of benzene rings is 1. The van der Waals surface area contributed by atoms with Gasteiger partial charge in [-0.25, -0.2) is 4.39 Å². The maximum atomic E-state index is 12.8. The Morgan fingerprint density at radius 2 is 2.33 bits per heavy atom.